The zero-order chi connectivity index (χ0) is 15.5. The third-order valence-corrected chi connectivity index (χ3v) is 4.27. The van der Waals surface area contributed by atoms with Gasteiger partial charge in [0.05, 0.1) is 11.9 Å². The maximum absolute atomic E-state index is 4.50. The van der Waals surface area contributed by atoms with Crippen molar-refractivity contribution in [2.75, 3.05) is 0 Å². The number of rotatable bonds is 3. The molecule has 0 radical (unpaired) electrons. The van der Waals surface area contributed by atoms with Crippen molar-refractivity contribution in [2.24, 2.45) is 4.99 Å². The first-order valence-corrected chi connectivity index (χ1v) is 8.12. The zero-order valence-electron chi connectivity index (χ0n) is 12.5. The standard InChI is InChI=1S/C18H16IN3/c1-13-10-15(11-21-17-4-3-9-20-12-17)14(2)22(13)18-7-5-16(19)6-8-18/h3-12H,1-2H3. The van der Waals surface area contributed by atoms with E-state index >= 15 is 0 Å². The van der Waals surface area contributed by atoms with E-state index in [1.54, 1.807) is 12.4 Å². The Morgan fingerprint density at radius 1 is 1.14 bits per heavy atom. The number of aliphatic imine (C=N–C) groups is 1. The second-order valence-corrected chi connectivity index (χ2v) is 6.35. The monoisotopic (exact) mass is 401 g/mol. The molecule has 0 aliphatic carbocycles. The molecular weight excluding hydrogens is 385 g/mol. The van der Waals surface area contributed by atoms with Crippen molar-refractivity contribution >= 4 is 34.5 Å². The maximum Gasteiger partial charge on any atom is 0.0813 e. The van der Waals surface area contributed by atoms with Gasteiger partial charge in [-0.2, -0.15) is 0 Å². The fourth-order valence-electron chi connectivity index (χ4n) is 2.48. The van der Waals surface area contributed by atoms with E-state index in [2.05, 4.69) is 81.3 Å². The lowest BCUT2D eigenvalue weighted by Crippen LogP contribution is -1.99. The summed E-state index contributed by atoms with van der Waals surface area (Å²) in [4.78, 5) is 8.58. The van der Waals surface area contributed by atoms with Gasteiger partial charge in [-0.15, -0.1) is 0 Å². The molecule has 3 rings (SSSR count). The van der Waals surface area contributed by atoms with Crippen molar-refractivity contribution in [3.8, 4) is 5.69 Å². The number of hydrogen-bond donors (Lipinski definition) is 0. The van der Waals surface area contributed by atoms with Crippen LogP contribution in [0.25, 0.3) is 5.69 Å². The molecule has 2 aromatic heterocycles. The van der Waals surface area contributed by atoms with Crippen LogP contribution in [0.5, 0.6) is 0 Å². The van der Waals surface area contributed by atoms with Crippen LogP contribution in [0.2, 0.25) is 0 Å². The molecule has 0 bridgehead atoms. The van der Waals surface area contributed by atoms with Gasteiger partial charge < -0.3 is 4.57 Å². The predicted octanol–water partition coefficient (Wildman–Crippen LogP) is 4.84. The Morgan fingerprint density at radius 2 is 1.91 bits per heavy atom. The Kier molecular flexibility index (Phi) is 4.38. The zero-order valence-corrected chi connectivity index (χ0v) is 14.7. The van der Waals surface area contributed by atoms with Gasteiger partial charge in [-0.3, -0.25) is 9.98 Å². The number of hydrogen-bond acceptors (Lipinski definition) is 2. The van der Waals surface area contributed by atoms with Gasteiger partial charge in [0, 0.05) is 38.6 Å². The van der Waals surface area contributed by atoms with Crippen LogP contribution in [0.3, 0.4) is 0 Å². The molecular formula is C18H16IN3. The van der Waals surface area contributed by atoms with E-state index in [1.165, 1.54) is 20.6 Å². The Balaban J connectivity index is 1.97. The molecule has 0 spiro atoms. The number of halogens is 1. The van der Waals surface area contributed by atoms with E-state index in [-0.39, 0.29) is 0 Å². The Bertz CT molecular complexity index is 802. The molecule has 2 heterocycles. The minimum Gasteiger partial charge on any atom is -0.318 e. The molecule has 0 aliphatic rings. The summed E-state index contributed by atoms with van der Waals surface area (Å²) in [5.41, 5.74) is 5.55. The van der Waals surface area contributed by atoms with Gasteiger partial charge in [0.1, 0.15) is 0 Å². The smallest absolute Gasteiger partial charge is 0.0813 e. The summed E-state index contributed by atoms with van der Waals surface area (Å²) < 4.78 is 3.49. The second kappa shape index (κ2) is 6.44. The Hall–Kier alpha value is -1.95. The van der Waals surface area contributed by atoms with Crippen molar-refractivity contribution in [1.82, 2.24) is 9.55 Å². The summed E-state index contributed by atoms with van der Waals surface area (Å²) in [6, 6.07) is 14.5. The third-order valence-electron chi connectivity index (χ3n) is 3.55. The summed E-state index contributed by atoms with van der Waals surface area (Å²) in [5, 5.41) is 0. The predicted molar refractivity (Wildman–Crippen MR) is 99.5 cm³/mol. The molecule has 0 unspecified atom stereocenters. The van der Waals surface area contributed by atoms with E-state index in [0.29, 0.717) is 0 Å². The highest BCUT2D eigenvalue weighted by molar-refractivity contribution is 14.1. The minimum absolute atomic E-state index is 0.863. The molecule has 0 saturated carbocycles. The molecule has 22 heavy (non-hydrogen) atoms. The topological polar surface area (TPSA) is 30.2 Å². The van der Waals surface area contributed by atoms with E-state index < -0.39 is 0 Å². The van der Waals surface area contributed by atoms with E-state index in [9.17, 15) is 0 Å². The maximum atomic E-state index is 4.50. The first kappa shape index (κ1) is 15.0. The molecule has 0 amide bonds. The fourth-order valence-corrected chi connectivity index (χ4v) is 2.84. The van der Waals surface area contributed by atoms with Crippen LogP contribution in [-0.4, -0.2) is 15.8 Å². The van der Waals surface area contributed by atoms with E-state index in [1.807, 2.05) is 18.3 Å². The first-order chi connectivity index (χ1) is 10.6. The highest BCUT2D eigenvalue weighted by atomic mass is 127. The first-order valence-electron chi connectivity index (χ1n) is 7.04. The van der Waals surface area contributed by atoms with Crippen LogP contribution in [0.4, 0.5) is 5.69 Å². The van der Waals surface area contributed by atoms with E-state index in [0.717, 1.165) is 11.3 Å². The van der Waals surface area contributed by atoms with Gasteiger partial charge >= 0.3 is 0 Å². The Morgan fingerprint density at radius 3 is 2.59 bits per heavy atom. The molecule has 0 saturated heterocycles. The van der Waals surface area contributed by atoms with Crippen molar-refractivity contribution in [1.29, 1.82) is 0 Å². The average Bonchev–Trinajstić information content (AvgIpc) is 2.82. The van der Waals surface area contributed by atoms with Crippen LogP contribution >= 0.6 is 22.6 Å². The number of pyridine rings is 1. The summed E-state index contributed by atoms with van der Waals surface area (Å²) in [5.74, 6) is 0. The summed E-state index contributed by atoms with van der Waals surface area (Å²) in [6.45, 7) is 4.24. The van der Waals surface area contributed by atoms with Gasteiger partial charge in [-0.25, -0.2) is 0 Å². The van der Waals surface area contributed by atoms with Crippen LogP contribution < -0.4 is 0 Å². The number of aryl methyl sites for hydroxylation is 1. The summed E-state index contributed by atoms with van der Waals surface area (Å²) in [7, 11) is 0. The molecule has 3 nitrogen and oxygen atoms in total. The molecule has 0 fully saturated rings. The largest absolute Gasteiger partial charge is 0.318 e. The molecule has 4 heteroatoms. The molecule has 1 aromatic carbocycles. The summed E-state index contributed by atoms with van der Waals surface area (Å²) >= 11 is 2.32. The highest BCUT2D eigenvalue weighted by Gasteiger charge is 2.09. The van der Waals surface area contributed by atoms with E-state index in [4.69, 9.17) is 0 Å². The lowest BCUT2D eigenvalue weighted by molar-refractivity contribution is 0.964. The number of benzene rings is 1. The van der Waals surface area contributed by atoms with Crippen molar-refractivity contribution in [3.63, 3.8) is 0 Å². The quantitative estimate of drug-likeness (QED) is 0.456. The normalized spacial score (nSPS) is 11.2. The lowest BCUT2D eigenvalue weighted by Gasteiger charge is -2.09. The van der Waals surface area contributed by atoms with Crippen LogP contribution in [0.15, 0.2) is 59.9 Å². The van der Waals surface area contributed by atoms with Gasteiger partial charge in [0.25, 0.3) is 0 Å². The molecule has 0 atom stereocenters. The van der Waals surface area contributed by atoms with Crippen LogP contribution in [0.1, 0.15) is 17.0 Å². The average molecular weight is 401 g/mol. The Labute approximate surface area is 143 Å². The fraction of sp³-hybridized carbons (Fsp3) is 0.111. The van der Waals surface area contributed by atoms with Crippen LogP contribution in [-0.2, 0) is 0 Å². The SMILES string of the molecule is Cc1cc(C=Nc2cccnc2)c(C)n1-c1ccc(I)cc1. The molecule has 3 aromatic rings. The van der Waals surface area contributed by atoms with Crippen molar-refractivity contribution in [3.05, 3.63) is 75.4 Å². The number of nitrogens with zero attached hydrogens (tertiary/aromatic N) is 3. The molecule has 110 valence electrons. The van der Waals surface area contributed by atoms with Crippen LogP contribution in [0, 0.1) is 17.4 Å². The van der Waals surface area contributed by atoms with Gasteiger partial charge in [-0.05, 0) is 78.9 Å². The van der Waals surface area contributed by atoms with Crippen molar-refractivity contribution < 1.29 is 0 Å². The minimum atomic E-state index is 0.863. The molecule has 0 N–H and O–H groups in total. The number of aromatic nitrogens is 2. The van der Waals surface area contributed by atoms with Gasteiger partial charge in [-0.1, -0.05) is 0 Å². The van der Waals surface area contributed by atoms with Gasteiger partial charge in [0.15, 0.2) is 0 Å². The highest BCUT2D eigenvalue weighted by Crippen LogP contribution is 2.21. The van der Waals surface area contributed by atoms with Crippen molar-refractivity contribution in [2.45, 2.75) is 13.8 Å². The second-order valence-electron chi connectivity index (χ2n) is 5.11. The lowest BCUT2D eigenvalue weighted by atomic mass is 10.2. The summed E-state index contributed by atoms with van der Waals surface area (Å²) in [6.07, 6.45) is 5.42. The third kappa shape index (κ3) is 3.11. The molecule has 0 aliphatic heterocycles. The van der Waals surface area contributed by atoms with Gasteiger partial charge in [0.2, 0.25) is 0 Å².